The SMILES string of the molecule is Cc1cc(N)cc(C)c1Oc1ccc(O)c(S(=O)(=O)CC2CC2)c1.Cc1cc(N)cc(C)c1Oc1ccc(O)c(S(=O)(=O)CC2CC2)c1. The van der Waals surface area contributed by atoms with Gasteiger partial charge in [0.2, 0.25) is 0 Å². The minimum atomic E-state index is -3.52. The first kappa shape index (κ1) is 34.9. The molecule has 4 aromatic rings. The Morgan fingerprint density at radius 3 is 1.19 bits per heavy atom. The Kier molecular flexibility index (Phi) is 9.89. The van der Waals surface area contributed by atoms with Gasteiger partial charge in [0.1, 0.15) is 44.3 Å². The first-order valence-electron chi connectivity index (χ1n) is 15.7. The predicted molar refractivity (Wildman–Crippen MR) is 187 cm³/mol. The number of nitrogen functional groups attached to an aromatic ring is 2. The lowest BCUT2D eigenvalue weighted by atomic mass is 10.1. The van der Waals surface area contributed by atoms with Crippen molar-refractivity contribution in [3.63, 3.8) is 0 Å². The number of phenols is 2. The molecule has 0 atom stereocenters. The number of hydrogen-bond acceptors (Lipinski definition) is 10. The molecule has 0 unspecified atom stereocenters. The van der Waals surface area contributed by atoms with E-state index in [1.807, 2.05) is 27.7 Å². The van der Waals surface area contributed by atoms with Crippen molar-refractivity contribution in [3.05, 3.63) is 82.9 Å². The molecule has 256 valence electrons. The normalized spacial score (nSPS) is 14.6. The number of benzene rings is 4. The summed E-state index contributed by atoms with van der Waals surface area (Å²) in [5.74, 6) is 2.11. The van der Waals surface area contributed by atoms with E-state index in [-0.39, 0.29) is 44.6 Å². The van der Waals surface area contributed by atoms with Crippen LogP contribution in [0.2, 0.25) is 0 Å². The second kappa shape index (κ2) is 13.6. The third-order valence-electron chi connectivity index (χ3n) is 8.24. The molecule has 2 fully saturated rings. The molecule has 0 bridgehead atoms. The number of ether oxygens (including phenoxy) is 2. The lowest BCUT2D eigenvalue weighted by Gasteiger charge is -2.14. The van der Waals surface area contributed by atoms with E-state index in [0.717, 1.165) is 47.9 Å². The van der Waals surface area contributed by atoms with Crippen LogP contribution in [0.25, 0.3) is 0 Å². The van der Waals surface area contributed by atoms with Gasteiger partial charge >= 0.3 is 0 Å². The minimum absolute atomic E-state index is 0.0716. The van der Waals surface area contributed by atoms with Gasteiger partial charge in [-0.05, 0) is 136 Å². The van der Waals surface area contributed by atoms with E-state index >= 15 is 0 Å². The lowest BCUT2D eigenvalue weighted by Crippen LogP contribution is -2.08. The summed E-state index contributed by atoms with van der Waals surface area (Å²) in [6.45, 7) is 7.52. The largest absolute Gasteiger partial charge is 0.507 e. The predicted octanol–water partition coefficient (Wildman–Crippen LogP) is 7.13. The summed E-state index contributed by atoms with van der Waals surface area (Å²) < 4.78 is 61.6. The second-order valence-corrected chi connectivity index (χ2v) is 16.9. The van der Waals surface area contributed by atoms with Crippen molar-refractivity contribution in [2.45, 2.75) is 63.2 Å². The molecule has 6 rings (SSSR count). The van der Waals surface area contributed by atoms with Crippen molar-refractivity contribution in [1.82, 2.24) is 0 Å². The van der Waals surface area contributed by atoms with Crippen LogP contribution in [0.1, 0.15) is 47.9 Å². The summed E-state index contributed by atoms with van der Waals surface area (Å²) in [5.41, 5.74) is 16.4. The molecular formula is C36H42N2O8S2. The van der Waals surface area contributed by atoms with Crippen molar-refractivity contribution in [1.29, 1.82) is 0 Å². The average molecular weight is 695 g/mol. The fourth-order valence-electron chi connectivity index (χ4n) is 5.51. The van der Waals surface area contributed by atoms with Gasteiger partial charge in [-0.2, -0.15) is 0 Å². The van der Waals surface area contributed by atoms with Crippen LogP contribution in [-0.4, -0.2) is 38.6 Å². The summed E-state index contributed by atoms with van der Waals surface area (Å²) in [6.07, 6.45) is 3.72. The summed E-state index contributed by atoms with van der Waals surface area (Å²) in [6, 6.07) is 15.8. The number of aryl methyl sites for hydroxylation is 4. The zero-order valence-corrected chi connectivity index (χ0v) is 29.1. The Labute approximate surface area is 282 Å². The number of hydrogen-bond donors (Lipinski definition) is 4. The number of nitrogens with two attached hydrogens (primary N) is 2. The van der Waals surface area contributed by atoms with Gasteiger partial charge < -0.3 is 31.2 Å². The third kappa shape index (κ3) is 8.53. The summed E-state index contributed by atoms with van der Waals surface area (Å²) in [7, 11) is -7.04. The fraction of sp³-hybridized carbons (Fsp3) is 0.333. The van der Waals surface area contributed by atoms with Crippen LogP contribution in [0.5, 0.6) is 34.5 Å². The third-order valence-corrected chi connectivity index (χ3v) is 12.1. The van der Waals surface area contributed by atoms with E-state index in [4.69, 9.17) is 20.9 Å². The Hall–Kier alpha value is -4.42. The van der Waals surface area contributed by atoms with Crippen molar-refractivity contribution in [2.24, 2.45) is 11.8 Å². The van der Waals surface area contributed by atoms with E-state index in [1.165, 1.54) is 24.3 Å². The zero-order chi connectivity index (χ0) is 35.0. The molecule has 2 aliphatic rings. The standard InChI is InChI=1S/2C18H21NO4S/c2*1-11-7-14(19)8-12(2)18(11)23-15-5-6-16(20)17(9-15)24(21,22)10-13-3-4-13/h2*5-9,13,20H,3-4,10,19H2,1-2H3. The molecular weight excluding hydrogens is 653 g/mol. The van der Waals surface area contributed by atoms with E-state index < -0.39 is 19.7 Å². The van der Waals surface area contributed by atoms with Gasteiger partial charge in [-0.25, -0.2) is 16.8 Å². The van der Waals surface area contributed by atoms with Gasteiger partial charge in [0, 0.05) is 23.5 Å². The molecule has 6 N–H and O–H groups in total. The van der Waals surface area contributed by atoms with Crippen molar-refractivity contribution in [3.8, 4) is 34.5 Å². The summed E-state index contributed by atoms with van der Waals surface area (Å²) in [4.78, 5) is -0.143. The Bertz CT molecular complexity index is 1870. The molecule has 48 heavy (non-hydrogen) atoms. The number of aromatic hydroxyl groups is 2. The van der Waals surface area contributed by atoms with Crippen molar-refractivity contribution < 1.29 is 36.5 Å². The maximum absolute atomic E-state index is 12.5. The lowest BCUT2D eigenvalue weighted by molar-refractivity contribution is 0.446. The topological polar surface area (TPSA) is 179 Å². The van der Waals surface area contributed by atoms with Crippen LogP contribution in [0.3, 0.4) is 0 Å². The van der Waals surface area contributed by atoms with E-state index in [1.54, 1.807) is 36.4 Å². The zero-order valence-electron chi connectivity index (χ0n) is 27.5. The first-order chi connectivity index (χ1) is 22.5. The molecule has 0 aliphatic heterocycles. The van der Waals surface area contributed by atoms with Crippen LogP contribution >= 0.6 is 0 Å². The molecule has 4 aromatic carbocycles. The molecule has 12 heteroatoms. The maximum Gasteiger partial charge on any atom is 0.182 e. The van der Waals surface area contributed by atoms with Gasteiger partial charge in [-0.3, -0.25) is 0 Å². The Morgan fingerprint density at radius 1 is 0.583 bits per heavy atom. The van der Waals surface area contributed by atoms with Crippen LogP contribution in [0, 0.1) is 39.5 Å². The van der Waals surface area contributed by atoms with Gasteiger partial charge in [0.05, 0.1) is 11.5 Å². The first-order valence-corrected chi connectivity index (χ1v) is 19.0. The van der Waals surface area contributed by atoms with Crippen LogP contribution in [0.4, 0.5) is 11.4 Å². The number of rotatable bonds is 10. The molecule has 0 heterocycles. The highest BCUT2D eigenvalue weighted by Crippen LogP contribution is 2.39. The highest BCUT2D eigenvalue weighted by Gasteiger charge is 2.32. The molecule has 0 radical (unpaired) electrons. The van der Waals surface area contributed by atoms with Crippen LogP contribution in [-0.2, 0) is 19.7 Å². The van der Waals surface area contributed by atoms with E-state index in [2.05, 4.69) is 0 Å². The number of phenolic OH excluding ortho intramolecular Hbond substituents is 2. The van der Waals surface area contributed by atoms with E-state index in [0.29, 0.717) is 34.4 Å². The van der Waals surface area contributed by atoms with Crippen LogP contribution in [0.15, 0.2) is 70.5 Å². The van der Waals surface area contributed by atoms with Gasteiger partial charge in [-0.1, -0.05) is 0 Å². The maximum atomic E-state index is 12.5. The smallest absolute Gasteiger partial charge is 0.182 e. The van der Waals surface area contributed by atoms with Crippen LogP contribution < -0.4 is 20.9 Å². The minimum Gasteiger partial charge on any atom is -0.507 e. The molecule has 2 aliphatic carbocycles. The molecule has 0 saturated heterocycles. The number of anilines is 2. The van der Waals surface area contributed by atoms with Gasteiger partial charge in [0.15, 0.2) is 19.7 Å². The fourth-order valence-corrected chi connectivity index (χ4v) is 9.14. The van der Waals surface area contributed by atoms with Gasteiger partial charge in [-0.15, -0.1) is 0 Å². The monoisotopic (exact) mass is 694 g/mol. The van der Waals surface area contributed by atoms with Crippen molar-refractivity contribution >= 4 is 31.0 Å². The Morgan fingerprint density at radius 2 is 0.896 bits per heavy atom. The summed E-state index contributed by atoms with van der Waals surface area (Å²) >= 11 is 0. The molecule has 0 aromatic heterocycles. The average Bonchev–Trinajstić information content (AvgIpc) is 3.93. The molecule has 2 saturated carbocycles. The molecule has 0 spiro atoms. The van der Waals surface area contributed by atoms with E-state index in [9.17, 15) is 27.0 Å². The quantitative estimate of drug-likeness (QED) is 0.125. The second-order valence-electron chi connectivity index (χ2n) is 12.9. The van der Waals surface area contributed by atoms with Crippen molar-refractivity contribution in [2.75, 3.05) is 23.0 Å². The molecule has 0 amide bonds. The molecule has 10 nitrogen and oxygen atoms in total. The Balaban J connectivity index is 0.000000188. The highest BCUT2D eigenvalue weighted by molar-refractivity contribution is 7.91. The number of sulfone groups is 2. The van der Waals surface area contributed by atoms with Gasteiger partial charge in [0.25, 0.3) is 0 Å². The highest BCUT2D eigenvalue weighted by atomic mass is 32.2. The summed E-state index contributed by atoms with van der Waals surface area (Å²) in [5, 5.41) is 19.9.